The van der Waals surface area contributed by atoms with E-state index in [2.05, 4.69) is 5.32 Å². The molecule has 21 heavy (non-hydrogen) atoms. The Hall–Kier alpha value is -2.08. The summed E-state index contributed by atoms with van der Waals surface area (Å²) in [6.07, 6.45) is -0.728. The van der Waals surface area contributed by atoms with E-state index in [9.17, 15) is 14.7 Å². The van der Waals surface area contributed by atoms with Crippen molar-refractivity contribution in [3.8, 4) is 0 Å². The molecule has 0 aliphatic carbocycles. The van der Waals surface area contributed by atoms with E-state index in [4.69, 9.17) is 9.47 Å². The SMILES string of the molecule is CCCCOC(=O)NC(O)CC(=O)OCc1ccccc1. The van der Waals surface area contributed by atoms with Gasteiger partial charge in [0.25, 0.3) is 0 Å². The van der Waals surface area contributed by atoms with Gasteiger partial charge < -0.3 is 14.6 Å². The van der Waals surface area contributed by atoms with Gasteiger partial charge in [0.15, 0.2) is 0 Å². The Morgan fingerprint density at radius 2 is 1.95 bits per heavy atom. The summed E-state index contributed by atoms with van der Waals surface area (Å²) in [4.78, 5) is 22.7. The first kappa shape index (κ1) is 17.0. The average Bonchev–Trinajstić information content (AvgIpc) is 2.46. The normalized spacial score (nSPS) is 11.5. The zero-order valence-electron chi connectivity index (χ0n) is 12.1. The number of aliphatic hydroxyl groups excluding tert-OH is 1. The molecular weight excluding hydrogens is 274 g/mol. The number of carbonyl (C=O) groups is 2. The second-order valence-corrected chi connectivity index (χ2v) is 4.50. The van der Waals surface area contributed by atoms with Gasteiger partial charge in [0.1, 0.15) is 12.8 Å². The van der Waals surface area contributed by atoms with E-state index in [0.29, 0.717) is 0 Å². The van der Waals surface area contributed by atoms with Crippen LogP contribution in [0.25, 0.3) is 0 Å². The number of esters is 1. The molecule has 116 valence electrons. The predicted molar refractivity (Wildman–Crippen MR) is 76.3 cm³/mol. The first-order chi connectivity index (χ1) is 10.1. The zero-order valence-corrected chi connectivity index (χ0v) is 12.1. The van der Waals surface area contributed by atoms with Gasteiger partial charge in [-0.15, -0.1) is 0 Å². The van der Waals surface area contributed by atoms with Crippen LogP contribution in [-0.2, 0) is 20.9 Å². The van der Waals surface area contributed by atoms with Gasteiger partial charge in [0, 0.05) is 0 Å². The van der Waals surface area contributed by atoms with E-state index >= 15 is 0 Å². The van der Waals surface area contributed by atoms with Crippen LogP contribution in [-0.4, -0.2) is 30.0 Å². The molecule has 0 saturated carbocycles. The third-order valence-corrected chi connectivity index (χ3v) is 2.62. The van der Waals surface area contributed by atoms with Crippen molar-refractivity contribution < 1.29 is 24.2 Å². The summed E-state index contributed by atoms with van der Waals surface area (Å²) in [7, 11) is 0. The molecule has 1 aromatic rings. The van der Waals surface area contributed by atoms with Gasteiger partial charge in [0.2, 0.25) is 0 Å². The highest BCUT2D eigenvalue weighted by atomic mass is 16.6. The minimum atomic E-state index is -1.32. The lowest BCUT2D eigenvalue weighted by atomic mass is 10.2. The van der Waals surface area contributed by atoms with Gasteiger partial charge in [-0.25, -0.2) is 4.79 Å². The molecule has 0 saturated heterocycles. The number of hydrogen-bond donors (Lipinski definition) is 2. The first-order valence-corrected chi connectivity index (χ1v) is 6.92. The summed E-state index contributed by atoms with van der Waals surface area (Å²) in [5, 5.41) is 11.7. The van der Waals surface area contributed by atoms with E-state index in [1.54, 1.807) is 0 Å². The summed E-state index contributed by atoms with van der Waals surface area (Å²) < 4.78 is 9.79. The van der Waals surface area contributed by atoms with Crippen molar-refractivity contribution in [3.63, 3.8) is 0 Å². The molecule has 6 heteroatoms. The number of aliphatic hydroxyl groups is 1. The molecule has 0 fully saturated rings. The third kappa shape index (κ3) is 7.94. The number of rotatable bonds is 8. The molecule has 1 rings (SSSR count). The maximum absolute atomic E-state index is 11.5. The Balaban J connectivity index is 2.19. The first-order valence-electron chi connectivity index (χ1n) is 6.92. The lowest BCUT2D eigenvalue weighted by Gasteiger charge is -2.12. The Morgan fingerprint density at radius 3 is 2.62 bits per heavy atom. The maximum Gasteiger partial charge on any atom is 0.409 e. The molecule has 0 aromatic heterocycles. The Labute approximate surface area is 124 Å². The lowest BCUT2D eigenvalue weighted by molar-refractivity contribution is -0.147. The van der Waals surface area contributed by atoms with E-state index in [1.165, 1.54) is 0 Å². The van der Waals surface area contributed by atoms with Gasteiger partial charge in [-0.05, 0) is 12.0 Å². The zero-order chi connectivity index (χ0) is 15.5. The maximum atomic E-state index is 11.5. The molecule has 0 spiro atoms. The minimum absolute atomic E-state index is 0.132. The highest BCUT2D eigenvalue weighted by Gasteiger charge is 2.15. The number of alkyl carbamates (subject to hydrolysis) is 1. The summed E-state index contributed by atoms with van der Waals surface area (Å²) in [5.41, 5.74) is 0.854. The monoisotopic (exact) mass is 295 g/mol. The van der Waals surface area contributed by atoms with E-state index < -0.39 is 18.3 Å². The van der Waals surface area contributed by atoms with Crippen molar-refractivity contribution in [1.82, 2.24) is 5.32 Å². The van der Waals surface area contributed by atoms with Crippen molar-refractivity contribution in [2.24, 2.45) is 0 Å². The van der Waals surface area contributed by atoms with Crippen LogP contribution < -0.4 is 5.32 Å². The van der Waals surface area contributed by atoms with Gasteiger partial charge >= 0.3 is 12.1 Å². The molecule has 0 radical (unpaired) electrons. The average molecular weight is 295 g/mol. The molecule has 6 nitrogen and oxygen atoms in total. The number of amides is 1. The van der Waals surface area contributed by atoms with Crippen molar-refractivity contribution >= 4 is 12.1 Å². The topological polar surface area (TPSA) is 84.9 Å². The van der Waals surface area contributed by atoms with Crippen LogP contribution in [0.1, 0.15) is 31.7 Å². The molecule has 0 aliphatic heterocycles. The molecule has 1 aromatic carbocycles. The largest absolute Gasteiger partial charge is 0.461 e. The summed E-state index contributed by atoms with van der Waals surface area (Å²) in [6.45, 7) is 2.39. The molecule has 1 amide bonds. The standard InChI is InChI=1S/C15H21NO5/c1-2-3-9-20-15(19)16-13(17)10-14(18)21-11-12-7-5-4-6-8-12/h4-8,13,17H,2-3,9-11H2,1H3,(H,16,19). The van der Waals surface area contributed by atoms with Crippen LogP contribution in [0.15, 0.2) is 30.3 Å². The van der Waals surface area contributed by atoms with Crippen LogP contribution in [0.4, 0.5) is 4.79 Å². The number of ether oxygens (including phenoxy) is 2. The second kappa shape index (κ2) is 9.77. The van der Waals surface area contributed by atoms with Crippen LogP contribution in [0.5, 0.6) is 0 Å². The fourth-order valence-corrected chi connectivity index (χ4v) is 1.49. The number of unbranched alkanes of at least 4 members (excludes halogenated alkanes) is 1. The van der Waals surface area contributed by atoms with Crippen LogP contribution >= 0.6 is 0 Å². The van der Waals surface area contributed by atoms with Crippen molar-refractivity contribution in [2.75, 3.05) is 6.61 Å². The molecule has 0 heterocycles. The number of benzene rings is 1. The highest BCUT2D eigenvalue weighted by molar-refractivity contribution is 5.72. The van der Waals surface area contributed by atoms with Crippen molar-refractivity contribution in [2.45, 2.75) is 39.0 Å². The number of hydrogen-bond acceptors (Lipinski definition) is 5. The molecular formula is C15H21NO5. The number of nitrogens with one attached hydrogen (secondary N) is 1. The Bertz CT molecular complexity index is 435. The Kier molecular flexibility index (Phi) is 7.89. The second-order valence-electron chi connectivity index (χ2n) is 4.50. The van der Waals surface area contributed by atoms with Gasteiger partial charge in [0.05, 0.1) is 13.0 Å². The summed E-state index contributed by atoms with van der Waals surface area (Å²) >= 11 is 0. The number of carbonyl (C=O) groups excluding carboxylic acids is 2. The van der Waals surface area contributed by atoms with Crippen LogP contribution in [0.3, 0.4) is 0 Å². The quantitative estimate of drug-likeness (QED) is 0.435. The fourth-order valence-electron chi connectivity index (χ4n) is 1.49. The summed E-state index contributed by atoms with van der Waals surface area (Å²) in [6, 6.07) is 9.20. The molecule has 0 bridgehead atoms. The van der Waals surface area contributed by atoms with Gasteiger partial charge in [-0.2, -0.15) is 0 Å². The summed E-state index contributed by atoms with van der Waals surface area (Å²) in [5.74, 6) is -0.597. The van der Waals surface area contributed by atoms with Gasteiger partial charge in [-0.1, -0.05) is 43.7 Å². The van der Waals surface area contributed by atoms with E-state index in [1.807, 2.05) is 37.3 Å². The highest BCUT2D eigenvalue weighted by Crippen LogP contribution is 2.02. The van der Waals surface area contributed by atoms with Crippen LogP contribution in [0.2, 0.25) is 0 Å². The van der Waals surface area contributed by atoms with Crippen molar-refractivity contribution in [1.29, 1.82) is 0 Å². The van der Waals surface area contributed by atoms with Gasteiger partial charge in [-0.3, -0.25) is 10.1 Å². The molecule has 1 atom stereocenters. The van der Waals surface area contributed by atoms with E-state index in [-0.39, 0.29) is 19.6 Å². The Morgan fingerprint density at radius 1 is 1.24 bits per heavy atom. The molecule has 2 N–H and O–H groups in total. The fraction of sp³-hybridized carbons (Fsp3) is 0.467. The minimum Gasteiger partial charge on any atom is -0.461 e. The smallest absolute Gasteiger partial charge is 0.409 e. The molecule has 1 unspecified atom stereocenters. The van der Waals surface area contributed by atoms with Crippen LogP contribution in [0, 0.1) is 0 Å². The molecule has 0 aliphatic rings. The lowest BCUT2D eigenvalue weighted by Crippen LogP contribution is -2.37. The predicted octanol–water partition coefficient (Wildman–Crippen LogP) is 1.96. The third-order valence-electron chi connectivity index (χ3n) is 2.62. The van der Waals surface area contributed by atoms with E-state index in [0.717, 1.165) is 18.4 Å². The van der Waals surface area contributed by atoms with Crippen molar-refractivity contribution in [3.05, 3.63) is 35.9 Å².